The van der Waals surface area contributed by atoms with E-state index in [1.807, 2.05) is 94.7 Å². The van der Waals surface area contributed by atoms with E-state index in [-0.39, 0.29) is 5.91 Å². The summed E-state index contributed by atoms with van der Waals surface area (Å²) in [4.78, 5) is 24.7. The third kappa shape index (κ3) is 5.93. The second-order valence-electron chi connectivity index (χ2n) is 9.87. The van der Waals surface area contributed by atoms with Crippen molar-refractivity contribution in [1.82, 2.24) is 14.9 Å². The molecule has 0 bridgehead atoms. The van der Waals surface area contributed by atoms with Crippen LogP contribution >= 0.6 is 11.6 Å². The summed E-state index contributed by atoms with van der Waals surface area (Å²) in [5.74, 6) is 0.306. The number of para-hydroxylation sites is 1. The van der Waals surface area contributed by atoms with E-state index in [2.05, 4.69) is 21.6 Å². The molecule has 0 aliphatic heterocycles. The first-order valence-electron chi connectivity index (χ1n) is 12.7. The lowest BCUT2D eigenvalue weighted by Crippen LogP contribution is -2.14. The van der Waals surface area contributed by atoms with Crippen LogP contribution in [0.2, 0.25) is 5.02 Å². The number of amides is 1. The zero-order valence-corrected chi connectivity index (χ0v) is 23.2. The second kappa shape index (κ2) is 11.2. The summed E-state index contributed by atoms with van der Waals surface area (Å²) in [6.45, 7) is 4.79. The zero-order chi connectivity index (χ0) is 27.5. The molecule has 0 saturated carbocycles. The van der Waals surface area contributed by atoms with E-state index < -0.39 is 0 Å². The Labute approximate surface area is 233 Å². The number of carbonyl (C=O) groups is 1. The van der Waals surface area contributed by atoms with Gasteiger partial charge in [0.05, 0.1) is 11.2 Å². The number of carbonyl (C=O) groups excluding carboxylic acids is 1. The Bertz CT molecular complexity index is 1660. The van der Waals surface area contributed by atoms with E-state index >= 15 is 0 Å². The van der Waals surface area contributed by atoms with Gasteiger partial charge in [0.1, 0.15) is 0 Å². The first-order chi connectivity index (χ1) is 18.8. The minimum Gasteiger partial charge on any atom is -0.324 e. The molecule has 5 aromatic rings. The average molecular weight is 536 g/mol. The predicted octanol–water partition coefficient (Wildman–Crippen LogP) is 7.62. The van der Waals surface area contributed by atoms with E-state index in [4.69, 9.17) is 21.6 Å². The summed E-state index contributed by atoms with van der Waals surface area (Å²) in [5.41, 5.74) is 7.87. The molecule has 4 aromatic carbocycles. The minimum atomic E-state index is -0.160. The first-order valence-corrected chi connectivity index (χ1v) is 13.1. The molecule has 0 radical (unpaired) electrons. The fourth-order valence-corrected chi connectivity index (χ4v) is 4.67. The Balaban J connectivity index is 1.38. The van der Waals surface area contributed by atoms with Gasteiger partial charge in [-0.1, -0.05) is 54.1 Å². The summed E-state index contributed by atoms with van der Waals surface area (Å²) in [6.07, 6.45) is 0. The monoisotopic (exact) mass is 535 g/mol. The lowest BCUT2D eigenvalue weighted by molar-refractivity contribution is 0.102. The van der Waals surface area contributed by atoms with Crippen LogP contribution in [0.3, 0.4) is 0 Å². The number of hydrogen-bond acceptors (Lipinski definition) is 5. The fraction of sp³-hybridized carbons (Fsp3) is 0.156. The van der Waals surface area contributed by atoms with Gasteiger partial charge in [0.15, 0.2) is 0 Å². The SMILES string of the molecule is Cc1ccc(CN(C)C)cc1NC(=O)c1ccc(Nc2nc(-c3cccc(Cl)c3C)c3ccccc3n2)cc1. The van der Waals surface area contributed by atoms with Crippen LogP contribution in [0, 0.1) is 13.8 Å². The van der Waals surface area contributed by atoms with Crippen LogP contribution in [0.5, 0.6) is 0 Å². The Kier molecular flexibility index (Phi) is 7.59. The van der Waals surface area contributed by atoms with Crippen LogP contribution in [-0.2, 0) is 6.54 Å². The van der Waals surface area contributed by atoms with Crippen molar-refractivity contribution in [2.24, 2.45) is 0 Å². The summed E-state index contributed by atoms with van der Waals surface area (Å²) >= 11 is 6.42. The molecule has 0 aliphatic rings. The standard InChI is InChI=1S/C32H30ClN5O/c1-20-12-13-22(19-38(3)4)18-29(20)35-31(39)23-14-16-24(17-15-23)34-32-36-28-11-6-5-8-26(28)30(37-32)25-9-7-10-27(33)21(25)2/h5-18H,19H2,1-4H3,(H,35,39)(H,34,36,37). The van der Waals surface area contributed by atoms with E-state index in [9.17, 15) is 4.79 Å². The third-order valence-electron chi connectivity index (χ3n) is 6.58. The van der Waals surface area contributed by atoms with Crippen molar-refractivity contribution >= 4 is 45.7 Å². The molecule has 2 N–H and O–H groups in total. The van der Waals surface area contributed by atoms with Crippen molar-refractivity contribution in [2.45, 2.75) is 20.4 Å². The number of nitrogens with one attached hydrogen (secondary N) is 2. The van der Waals surface area contributed by atoms with E-state index in [1.54, 1.807) is 12.1 Å². The Morgan fingerprint density at radius 1 is 0.897 bits per heavy atom. The van der Waals surface area contributed by atoms with E-state index in [1.165, 1.54) is 0 Å². The van der Waals surface area contributed by atoms with Gasteiger partial charge in [0.2, 0.25) is 5.95 Å². The van der Waals surface area contributed by atoms with Gasteiger partial charge in [-0.2, -0.15) is 0 Å². The Morgan fingerprint density at radius 2 is 1.67 bits per heavy atom. The highest BCUT2D eigenvalue weighted by Gasteiger charge is 2.14. The highest BCUT2D eigenvalue weighted by Crippen LogP contribution is 2.33. The van der Waals surface area contributed by atoms with Gasteiger partial charge in [0, 0.05) is 39.5 Å². The highest BCUT2D eigenvalue weighted by molar-refractivity contribution is 6.31. The van der Waals surface area contributed by atoms with Gasteiger partial charge in [-0.05, 0) is 87.1 Å². The molecule has 1 aromatic heterocycles. The van der Waals surface area contributed by atoms with Gasteiger partial charge in [0.25, 0.3) is 5.91 Å². The summed E-state index contributed by atoms with van der Waals surface area (Å²) in [6, 6.07) is 27.2. The summed E-state index contributed by atoms with van der Waals surface area (Å²) in [7, 11) is 4.05. The van der Waals surface area contributed by atoms with Crippen molar-refractivity contribution < 1.29 is 4.79 Å². The van der Waals surface area contributed by atoms with Gasteiger partial charge < -0.3 is 15.5 Å². The van der Waals surface area contributed by atoms with Gasteiger partial charge in [-0.25, -0.2) is 9.97 Å². The third-order valence-corrected chi connectivity index (χ3v) is 6.99. The van der Waals surface area contributed by atoms with Gasteiger partial charge in [-0.15, -0.1) is 0 Å². The number of fused-ring (bicyclic) bond motifs is 1. The predicted molar refractivity (Wildman–Crippen MR) is 161 cm³/mol. The van der Waals surface area contributed by atoms with Crippen molar-refractivity contribution in [2.75, 3.05) is 24.7 Å². The topological polar surface area (TPSA) is 70.2 Å². The molecule has 196 valence electrons. The van der Waals surface area contributed by atoms with Crippen LogP contribution in [0.15, 0.2) is 84.9 Å². The van der Waals surface area contributed by atoms with Gasteiger partial charge >= 0.3 is 0 Å². The highest BCUT2D eigenvalue weighted by atomic mass is 35.5. The second-order valence-corrected chi connectivity index (χ2v) is 10.3. The number of halogens is 1. The largest absolute Gasteiger partial charge is 0.324 e. The van der Waals surface area contributed by atoms with Crippen molar-refractivity contribution in [3.63, 3.8) is 0 Å². The molecule has 1 heterocycles. The molecule has 0 aliphatic carbocycles. The van der Waals surface area contributed by atoms with Crippen LogP contribution in [0.1, 0.15) is 27.0 Å². The molecule has 0 fully saturated rings. The molecule has 1 amide bonds. The maximum Gasteiger partial charge on any atom is 0.255 e. The lowest BCUT2D eigenvalue weighted by Gasteiger charge is -2.14. The number of benzene rings is 4. The molecule has 0 atom stereocenters. The summed E-state index contributed by atoms with van der Waals surface area (Å²) in [5, 5.41) is 7.99. The number of rotatable bonds is 7. The van der Waals surface area contributed by atoms with Crippen molar-refractivity contribution in [3.05, 3.63) is 112 Å². The normalized spacial score (nSPS) is 11.1. The van der Waals surface area contributed by atoms with Crippen LogP contribution in [-0.4, -0.2) is 34.9 Å². The Hall–Kier alpha value is -4.26. The molecule has 5 rings (SSSR count). The number of nitrogens with zero attached hydrogens (tertiary/aromatic N) is 3. The molecule has 0 saturated heterocycles. The number of hydrogen-bond donors (Lipinski definition) is 2. The maximum absolute atomic E-state index is 13.0. The smallest absolute Gasteiger partial charge is 0.255 e. The zero-order valence-electron chi connectivity index (χ0n) is 22.4. The molecule has 39 heavy (non-hydrogen) atoms. The average Bonchev–Trinajstić information content (AvgIpc) is 2.92. The molecule has 6 nitrogen and oxygen atoms in total. The molecular weight excluding hydrogens is 506 g/mol. The van der Waals surface area contributed by atoms with Crippen molar-refractivity contribution in [1.29, 1.82) is 0 Å². The van der Waals surface area contributed by atoms with E-state index in [0.29, 0.717) is 16.5 Å². The molecule has 0 unspecified atom stereocenters. The van der Waals surface area contributed by atoms with E-state index in [0.717, 1.165) is 56.8 Å². The van der Waals surface area contributed by atoms with Crippen LogP contribution in [0.4, 0.5) is 17.3 Å². The number of aryl methyl sites for hydroxylation is 1. The minimum absolute atomic E-state index is 0.160. The Morgan fingerprint density at radius 3 is 2.44 bits per heavy atom. The lowest BCUT2D eigenvalue weighted by atomic mass is 10.0. The van der Waals surface area contributed by atoms with Gasteiger partial charge in [-0.3, -0.25) is 4.79 Å². The maximum atomic E-state index is 13.0. The van der Waals surface area contributed by atoms with Crippen molar-refractivity contribution in [3.8, 4) is 11.3 Å². The number of aromatic nitrogens is 2. The first kappa shape index (κ1) is 26.4. The van der Waals surface area contributed by atoms with Crippen LogP contribution < -0.4 is 10.6 Å². The van der Waals surface area contributed by atoms with Crippen LogP contribution in [0.25, 0.3) is 22.2 Å². The quantitative estimate of drug-likeness (QED) is 0.224. The number of anilines is 3. The molecular formula is C32H30ClN5O. The fourth-order valence-electron chi connectivity index (χ4n) is 4.50. The summed E-state index contributed by atoms with van der Waals surface area (Å²) < 4.78 is 0. The molecule has 7 heteroatoms. The molecule has 0 spiro atoms.